The normalized spacial score (nSPS) is 10.9. The molecule has 0 spiro atoms. The Labute approximate surface area is 57.8 Å². The molecule has 0 N–H and O–H groups in total. The lowest BCUT2D eigenvalue weighted by Crippen LogP contribution is -2.25. The van der Waals surface area contributed by atoms with E-state index >= 15 is 0 Å². The van der Waals surface area contributed by atoms with Gasteiger partial charge in [0.05, 0.1) is 0 Å². The number of hydrogen-bond donors (Lipinski definition) is 0. The molecule has 0 amide bonds. The summed E-state index contributed by atoms with van der Waals surface area (Å²) in [6.45, 7) is 8.86. The molecule has 2 heteroatoms. The van der Waals surface area contributed by atoms with Gasteiger partial charge in [-0.1, -0.05) is 12.2 Å². The van der Waals surface area contributed by atoms with Gasteiger partial charge in [-0.15, -0.1) is 13.2 Å². The van der Waals surface area contributed by atoms with Gasteiger partial charge < -0.3 is 0 Å². The maximum absolute atomic E-state index is 11.3. The highest BCUT2D eigenvalue weighted by Crippen LogP contribution is 2.12. The molecule has 0 aromatic heterocycles. The summed E-state index contributed by atoms with van der Waals surface area (Å²) in [4.78, 5) is 11.3. The second kappa shape index (κ2) is 3.64. The Morgan fingerprint density at radius 2 is 1.67 bits per heavy atom. The summed E-state index contributed by atoms with van der Waals surface area (Å²) in [5.74, 6) is 0. The minimum absolute atomic E-state index is 0.652. The lowest BCUT2D eigenvalue weighted by Gasteiger charge is -2.10. The number of allylic oxidation sites excluding steroid dienone is 2. The smallest absolute Gasteiger partial charge is 0.241 e. The van der Waals surface area contributed by atoms with Crippen molar-refractivity contribution in [2.24, 2.45) is 0 Å². The SMILES string of the molecule is C=CC[Si](C)([O])CC=C. The predicted molar refractivity (Wildman–Crippen MR) is 42.3 cm³/mol. The first-order valence-electron chi connectivity index (χ1n) is 3.04. The van der Waals surface area contributed by atoms with Crippen LogP contribution in [0.5, 0.6) is 0 Å². The van der Waals surface area contributed by atoms with Gasteiger partial charge in [0.2, 0.25) is 8.32 Å². The van der Waals surface area contributed by atoms with Crippen LogP contribution in [0.25, 0.3) is 0 Å². The van der Waals surface area contributed by atoms with Crippen molar-refractivity contribution >= 4 is 8.32 Å². The predicted octanol–water partition coefficient (Wildman–Crippen LogP) is 2.36. The second-order valence-corrected chi connectivity index (χ2v) is 6.15. The summed E-state index contributed by atoms with van der Waals surface area (Å²) in [5, 5.41) is 0. The third kappa shape index (κ3) is 4.18. The van der Waals surface area contributed by atoms with E-state index in [0.717, 1.165) is 0 Å². The van der Waals surface area contributed by atoms with E-state index in [4.69, 9.17) is 0 Å². The monoisotopic (exact) mass is 141 g/mol. The fraction of sp³-hybridized carbons (Fsp3) is 0.429. The van der Waals surface area contributed by atoms with Crippen LogP contribution in [-0.4, -0.2) is 8.32 Å². The van der Waals surface area contributed by atoms with Gasteiger partial charge in [0.1, 0.15) is 0 Å². The summed E-state index contributed by atoms with van der Waals surface area (Å²) in [7, 11) is -2.19. The standard InChI is InChI=1S/C7H13OSi/c1-4-6-9(3,8)7-5-2/h4-5H,1-2,6-7H2,3H3. The summed E-state index contributed by atoms with van der Waals surface area (Å²) in [6.07, 6.45) is 3.42. The molecule has 0 aromatic rings. The van der Waals surface area contributed by atoms with Crippen LogP contribution < -0.4 is 0 Å². The molecular formula is C7H13OSi. The third-order valence-corrected chi connectivity index (χ3v) is 3.46. The van der Waals surface area contributed by atoms with Gasteiger partial charge in [-0.25, -0.2) is 0 Å². The van der Waals surface area contributed by atoms with E-state index in [9.17, 15) is 4.80 Å². The molecule has 0 saturated heterocycles. The molecule has 9 heavy (non-hydrogen) atoms. The molecule has 0 aromatic carbocycles. The van der Waals surface area contributed by atoms with Crippen molar-refractivity contribution in [3.8, 4) is 0 Å². The molecule has 1 nitrogen and oxygen atoms in total. The van der Waals surface area contributed by atoms with E-state index in [-0.39, 0.29) is 0 Å². The average molecular weight is 141 g/mol. The van der Waals surface area contributed by atoms with Crippen LogP contribution in [-0.2, 0) is 4.80 Å². The van der Waals surface area contributed by atoms with Gasteiger partial charge in [-0.3, -0.25) is 4.80 Å². The number of hydrogen-bond acceptors (Lipinski definition) is 0. The Morgan fingerprint density at radius 3 is 1.89 bits per heavy atom. The van der Waals surface area contributed by atoms with Crippen molar-refractivity contribution in [3.63, 3.8) is 0 Å². The van der Waals surface area contributed by atoms with Crippen molar-refractivity contribution in [2.45, 2.75) is 18.6 Å². The zero-order valence-electron chi connectivity index (χ0n) is 5.89. The quantitative estimate of drug-likeness (QED) is 0.423. The molecule has 0 rings (SSSR count). The van der Waals surface area contributed by atoms with Gasteiger partial charge in [-0.05, 0) is 18.6 Å². The molecule has 0 aliphatic rings. The molecule has 1 radical (unpaired) electrons. The fourth-order valence-corrected chi connectivity index (χ4v) is 2.08. The van der Waals surface area contributed by atoms with E-state index in [1.54, 1.807) is 18.7 Å². The van der Waals surface area contributed by atoms with Crippen LogP contribution in [0, 0.1) is 0 Å². The molecule has 0 fully saturated rings. The second-order valence-electron chi connectivity index (χ2n) is 2.44. The fourth-order valence-electron chi connectivity index (χ4n) is 0.694. The van der Waals surface area contributed by atoms with Crippen molar-refractivity contribution in [3.05, 3.63) is 25.3 Å². The van der Waals surface area contributed by atoms with Gasteiger partial charge >= 0.3 is 0 Å². The molecule has 51 valence electrons. The van der Waals surface area contributed by atoms with E-state index in [1.807, 2.05) is 0 Å². The minimum atomic E-state index is -2.19. The summed E-state index contributed by atoms with van der Waals surface area (Å²) >= 11 is 0. The van der Waals surface area contributed by atoms with Crippen molar-refractivity contribution in [1.82, 2.24) is 0 Å². The Balaban J connectivity index is 3.68. The zero-order valence-corrected chi connectivity index (χ0v) is 6.89. The molecule has 0 aliphatic carbocycles. The van der Waals surface area contributed by atoms with Crippen LogP contribution in [0.2, 0.25) is 18.6 Å². The summed E-state index contributed by atoms with van der Waals surface area (Å²) in [5.41, 5.74) is 0. The van der Waals surface area contributed by atoms with E-state index < -0.39 is 8.32 Å². The van der Waals surface area contributed by atoms with E-state index in [1.165, 1.54) is 0 Å². The topological polar surface area (TPSA) is 19.9 Å². The van der Waals surface area contributed by atoms with Crippen LogP contribution >= 0.6 is 0 Å². The third-order valence-electron chi connectivity index (χ3n) is 1.15. The molecule has 0 saturated carbocycles. The van der Waals surface area contributed by atoms with Crippen molar-refractivity contribution < 1.29 is 4.80 Å². The summed E-state index contributed by atoms with van der Waals surface area (Å²) < 4.78 is 0. The molecule has 0 atom stereocenters. The average Bonchev–Trinajstić information content (AvgIpc) is 1.64. The van der Waals surface area contributed by atoms with Crippen molar-refractivity contribution in [1.29, 1.82) is 0 Å². The van der Waals surface area contributed by atoms with Gasteiger partial charge in [-0.2, -0.15) is 0 Å². The Hall–Kier alpha value is -0.343. The maximum Gasteiger partial charge on any atom is 0.241 e. The van der Waals surface area contributed by atoms with Gasteiger partial charge in [0, 0.05) is 0 Å². The molecule has 0 heterocycles. The van der Waals surface area contributed by atoms with Crippen LogP contribution in [0.4, 0.5) is 0 Å². The van der Waals surface area contributed by atoms with Gasteiger partial charge in [0.25, 0.3) is 0 Å². The van der Waals surface area contributed by atoms with E-state index in [2.05, 4.69) is 13.2 Å². The van der Waals surface area contributed by atoms with E-state index in [0.29, 0.717) is 12.1 Å². The van der Waals surface area contributed by atoms with Crippen LogP contribution in [0.15, 0.2) is 25.3 Å². The van der Waals surface area contributed by atoms with Crippen LogP contribution in [0.1, 0.15) is 0 Å². The Bertz CT molecular complexity index is 95.5. The van der Waals surface area contributed by atoms with Crippen LogP contribution in [0.3, 0.4) is 0 Å². The number of rotatable bonds is 4. The highest BCUT2D eigenvalue weighted by atomic mass is 28.4. The lowest BCUT2D eigenvalue weighted by atomic mass is 10.7. The highest BCUT2D eigenvalue weighted by molar-refractivity contribution is 6.71. The molecule has 0 unspecified atom stereocenters. The lowest BCUT2D eigenvalue weighted by molar-refractivity contribution is 0.427. The first kappa shape index (κ1) is 8.66. The molecule has 0 aliphatic heterocycles. The first-order valence-corrected chi connectivity index (χ1v) is 5.87. The molecule has 0 bridgehead atoms. The Morgan fingerprint density at radius 1 is 1.33 bits per heavy atom. The minimum Gasteiger partial charge on any atom is -0.297 e. The molecular weight excluding hydrogens is 128 g/mol. The first-order chi connectivity index (χ1) is 4.12. The summed E-state index contributed by atoms with van der Waals surface area (Å²) in [6, 6.07) is 1.30. The largest absolute Gasteiger partial charge is 0.297 e. The van der Waals surface area contributed by atoms with Gasteiger partial charge in [0.15, 0.2) is 0 Å². The Kier molecular flexibility index (Phi) is 3.50. The highest BCUT2D eigenvalue weighted by Gasteiger charge is 2.22. The maximum atomic E-state index is 11.3. The zero-order chi connectivity index (χ0) is 7.33. The van der Waals surface area contributed by atoms with Crippen molar-refractivity contribution in [2.75, 3.05) is 0 Å².